The molecule has 0 aliphatic rings. The molecule has 4 nitrogen and oxygen atoms in total. The maximum Gasteiger partial charge on any atom is 0.119 e. The third-order valence-corrected chi connectivity index (χ3v) is 2.98. The average molecular weight is 271 g/mol. The number of aliphatic hydroxyl groups is 1. The molecule has 0 aliphatic carbocycles. The van der Waals surface area contributed by atoms with E-state index >= 15 is 0 Å². The molecule has 2 N–H and O–H groups in total. The second-order valence-electron chi connectivity index (χ2n) is 3.84. The minimum atomic E-state index is -0.492. The molecule has 0 aromatic heterocycles. The van der Waals surface area contributed by atoms with E-state index in [1.807, 2.05) is 24.3 Å². The topological polar surface area (TPSA) is 50.7 Å². The van der Waals surface area contributed by atoms with Crippen molar-refractivity contribution < 1.29 is 14.6 Å². The van der Waals surface area contributed by atoms with Crippen molar-refractivity contribution in [1.29, 1.82) is 0 Å². The van der Waals surface area contributed by atoms with E-state index < -0.39 is 6.10 Å². The Morgan fingerprint density at radius 3 is 2.56 bits per heavy atom. The maximum absolute atomic E-state index is 9.69. The molecule has 0 saturated carbocycles. The van der Waals surface area contributed by atoms with Gasteiger partial charge in [0, 0.05) is 18.8 Å². The van der Waals surface area contributed by atoms with Gasteiger partial charge < -0.3 is 19.9 Å². The van der Waals surface area contributed by atoms with Gasteiger partial charge >= 0.3 is 0 Å². The highest BCUT2D eigenvalue weighted by Crippen LogP contribution is 2.16. The molecule has 102 valence electrons. The van der Waals surface area contributed by atoms with Crippen molar-refractivity contribution >= 4 is 11.8 Å². The summed E-state index contributed by atoms with van der Waals surface area (Å²) in [6, 6.07) is 7.32. The van der Waals surface area contributed by atoms with Crippen LogP contribution in [0.3, 0.4) is 0 Å². The minimum Gasteiger partial charge on any atom is -0.497 e. The van der Waals surface area contributed by atoms with E-state index in [-0.39, 0.29) is 0 Å². The third-order valence-electron chi connectivity index (χ3n) is 2.36. The lowest BCUT2D eigenvalue weighted by atomic mass is 10.3. The Kier molecular flexibility index (Phi) is 7.64. The van der Waals surface area contributed by atoms with Crippen LogP contribution in [0.25, 0.3) is 0 Å². The maximum atomic E-state index is 9.69. The summed E-state index contributed by atoms with van der Waals surface area (Å²) in [5.41, 5.74) is 0. The normalized spacial score (nSPS) is 12.2. The van der Waals surface area contributed by atoms with Crippen molar-refractivity contribution in [3.8, 4) is 11.5 Å². The zero-order chi connectivity index (χ0) is 13.2. The lowest BCUT2D eigenvalue weighted by molar-refractivity contribution is 0.107. The fourth-order valence-corrected chi connectivity index (χ4v) is 1.71. The van der Waals surface area contributed by atoms with Crippen LogP contribution >= 0.6 is 11.8 Å². The molecule has 0 spiro atoms. The molecule has 1 rings (SSSR count). The lowest BCUT2D eigenvalue weighted by Gasteiger charge is -2.13. The first-order valence-electron chi connectivity index (χ1n) is 5.91. The molecule has 0 fully saturated rings. The summed E-state index contributed by atoms with van der Waals surface area (Å²) >= 11 is 1.78. The van der Waals surface area contributed by atoms with Crippen LogP contribution in [0.4, 0.5) is 0 Å². The van der Waals surface area contributed by atoms with Crippen LogP contribution in [0.2, 0.25) is 0 Å². The van der Waals surface area contributed by atoms with Gasteiger partial charge in [-0.05, 0) is 30.5 Å². The number of methoxy groups -OCH3 is 1. The average Bonchev–Trinajstić information content (AvgIpc) is 2.42. The predicted octanol–water partition coefficient (Wildman–Crippen LogP) is 1.39. The molecule has 1 unspecified atom stereocenters. The van der Waals surface area contributed by atoms with Gasteiger partial charge in [0.05, 0.1) is 7.11 Å². The van der Waals surface area contributed by atoms with Gasteiger partial charge in [-0.15, -0.1) is 0 Å². The fourth-order valence-electron chi connectivity index (χ4n) is 1.37. The second kappa shape index (κ2) is 9.08. The summed E-state index contributed by atoms with van der Waals surface area (Å²) in [4.78, 5) is 0. The molecule has 0 saturated heterocycles. The van der Waals surface area contributed by atoms with Gasteiger partial charge in [-0.1, -0.05) is 0 Å². The summed E-state index contributed by atoms with van der Waals surface area (Å²) < 4.78 is 10.5. The second-order valence-corrected chi connectivity index (χ2v) is 4.82. The van der Waals surface area contributed by atoms with E-state index in [1.54, 1.807) is 18.9 Å². The van der Waals surface area contributed by atoms with Gasteiger partial charge in [-0.2, -0.15) is 11.8 Å². The number of hydrogen-bond acceptors (Lipinski definition) is 5. The number of nitrogens with one attached hydrogen (secondary N) is 1. The Morgan fingerprint density at radius 1 is 1.28 bits per heavy atom. The number of rotatable bonds is 9. The fraction of sp³-hybridized carbons (Fsp3) is 0.538. The lowest BCUT2D eigenvalue weighted by Crippen LogP contribution is -2.32. The van der Waals surface area contributed by atoms with Crippen molar-refractivity contribution in [2.24, 2.45) is 0 Å². The van der Waals surface area contributed by atoms with Gasteiger partial charge in [-0.25, -0.2) is 0 Å². The van der Waals surface area contributed by atoms with Crippen LogP contribution in [0.5, 0.6) is 11.5 Å². The number of benzene rings is 1. The summed E-state index contributed by atoms with van der Waals surface area (Å²) in [7, 11) is 1.62. The monoisotopic (exact) mass is 271 g/mol. The molecule has 1 aromatic rings. The number of hydrogen-bond donors (Lipinski definition) is 2. The Hall–Kier alpha value is -0.910. The summed E-state index contributed by atoms with van der Waals surface area (Å²) in [5, 5.41) is 12.9. The first-order chi connectivity index (χ1) is 8.76. The minimum absolute atomic E-state index is 0.290. The highest BCUT2D eigenvalue weighted by Gasteiger charge is 2.04. The summed E-state index contributed by atoms with van der Waals surface area (Å²) in [6.45, 7) is 1.75. The molecule has 0 radical (unpaired) electrons. The molecular formula is C13H21NO3S. The number of aliphatic hydroxyl groups excluding tert-OH is 1. The van der Waals surface area contributed by atoms with Crippen LogP contribution in [-0.2, 0) is 0 Å². The van der Waals surface area contributed by atoms with Crippen LogP contribution in [-0.4, -0.2) is 50.0 Å². The van der Waals surface area contributed by atoms with Crippen LogP contribution in [0, 0.1) is 0 Å². The number of ether oxygens (including phenoxy) is 2. The van der Waals surface area contributed by atoms with E-state index in [9.17, 15) is 5.11 Å². The molecule has 1 aromatic carbocycles. The van der Waals surface area contributed by atoms with Gasteiger partial charge in [-0.3, -0.25) is 0 Å². The summed E-state index contributed by atoms with van der Waals surface area (Å²) in [6.07, 6.45) is 1.57. The number of thioether (sulfide) groups is 1. The largest absolute Gasteiger partial charge is 0.497 e. The van der Waals surface area contributed by atoms with Crippen LogP contribution in [0.1, 0.15) is 0 Å². The van der Waals surface area contributed by atoms with Crippen molar-refractivity contribution in [3.63, 3.8) is 0 Å². The molecule has 5 heteroatoms. The first kappa shape index (κ1) is 15.1. The van der Waals surface area contributed by atoms with E-state index in [2.05, 4.69) is 11.6 Å². The van der Waals surface area contributed by atoms with Crippen molar-refractivity contribution in [2.75, 3.05) is 38.8 Å². The van der Waals surface area contributed by atoms with Crippen molar-refractivity contribution in [2.45, 2.75) is 6.10 Å². The molecule has 0 heterocycles. The SMILES string of the molecule is COc1ccc(OCC(O)CNCCSC)cc1. The standard InChI is InChI=1S/C13H21NO3S/c1-16-12-3-5-13(6-4-12)17-10-11(15)9-14-7-8-18-2/h3-6,11,14-15H,7-10H2,1-2H3. The molecule has 0 amide bonds. The van der Waals surface area contributed by atoms with Gasteiger partial charge in [0.15, 0.2) is 0 Å². The summed E-state index contributed by atoms with van der Waals surface area (Å²) in [5.74, 6) is 2.58. The highest BCUT2D eigenvalue weighted by atomic mass is 32.2. The Morgan fingerprint density at radius 2 is 1.94 bits per heavy atom. The van der Waals surface area contributed by atoms with Crippen LogP contribution < -0.4 is 14.8 Å². The smallest absolute Gasteiger partial charge is 0.119 e. The highest BCUT2D eigenvalue weighted by molar-refractivity contribution is 7.98. The van der Waals surface area contributed by atoms with Crippen molar-refractivity contribution in [1.82, 2.24) is 5.32 Å². The van der Waals surface area contributed by atoms with E-state index in [1.165, 1.54) is 0 Å². The van der Waals surface area contributed by atoms with Gasteiger partial charge in [0.25, 0.3) is 0 Å². The molecule has 1 atom stereocenters. The zero-order valence-electron chi connectivity index (χ0n) is 10.9. The predicted molar refractivity (Wildman–Crippen MR) is 75.7 cm³/mol. The Balaban J connectivity index is 2.18. The first-order valence-corrected chi connectivity index (χ1v) is 7.30. The van der Waals surface area contributed by atoms with E-state index in [4.69, 9.17) is 9.47 Å². The molecule has 18 heavy (non-hydrogen) atoms. The molecular weight excluding hydrogens is 250 g/mol. The molecule has 0 aliphatic heterocycles. The Bertz CT molecular complexity index is 319. The Labute approximate surface area is 113 Å². The van der Waals surface area contributed by atoms with Crippen molar-refractivity contribution in [3.05, 3.63) is 24.3 Å². The van der Waals surface area contributed by atoms with Crippen LogP contribution in [0.15, 0.2) is 24.3 Å². The third kappa shape index (κ3) is 6.14. The van der Waals surface area contributed by atoms with E-state index in [0.29, 0.717) is 13.2 Å². The van der Waals surface area contributed by atoms with E-state index in [0.717, 1.165) is 23.8 Å². The molecule has 0 bridgehead atoms. The quantitative estimate of drug-likeness (QED) is 0.665. The van der Waals surface area contributed by atoms with Gasteiger partial charge in [0.1, 0.15) is 24.2 Å². The van der Waals surface area contributed by atoms with Gasteiger partial charge in [0.2, 0.25) is 0 Å². The zero-order valence-corrected chi connectivity index (χ0v) is 11.7.